The molecule has 1 aliphatic heterocycles. The Morgan fingerprint density at radius 3 is 3.00 bits per heavy atom. The molecule has 1 amide bonds. The predicted molar refractivity (Wildman–Crippen MR) is 95.4 cm³/mol. The molecule has 0 bridgehead atoms. The van der Waals surface area contributed by atoms with Crippen LogP contribution in [0.1, 0.15) is 28.9 Å². The Morgan fingerprint density at radius 1 is 1.23 bits per heavy atom. The van der Waals surface area contributed by atoms with E-state index in [1.54, 1.807) is 24.7 Å². The Balaban J connectivity index is 1.35. The number of carbonyl (C=O) groups excluding carboxylic acids is 1. The average Bonchev–Trinajstić information content (AvgIpc) is 3.12. The molecule has 6 nitrogen and oxygen atoms in total. The zero-order chi connectivity index (χ0) is 17.8. The molecular weight excluding hydrogens is 330 g/mol. The van der Waals surface area contributed by atoms with Crippen molar-refractivity contribution in [1.29, 1.82) is 0 Å². The summed E-state index contributed by atoms with van der Waals surface area (Å²) in [7, 11) is 0. The molecule has 0 unspecified atom stereocenters. The molecule has 2 aromatic rings. The van der Waals surface area contributed by atoms with Crippen molar-refractivity contribution >= 4 is 5.91 Å². The van der Waals surface area contributed by atoms with Gasteiger partial charge in [0.15, 0.2) is 0 Å². The van der Waals surface area contributed by atoms with Gasteiger partial charge in [-0.25, -0.2) is 0 Å². The molecule has 1 aliphatic carbocycles. The summed E-state index contributed by atoms with van der Waals surface area (Å²) < 4.78 is 11.8. The van der Waals surface area contributed by atoms with E-state index in [2.05, 4.69) is 9.97 Å². The summed E-state index contributed by atoms with van der Waals surface area (Å²) in [5.74, 6) is 0.447. The monoisotopic (exact) mass is 353 g/mol. The van der Waals surface area contributed by atoms with Gasteiger partial charge in [-0.2, -0.15) is 0 Å². The first-order valence-corrected chi connectivity index (χ1v) is 9.11. The molecular formula is C20H23N3O3. The number of rotatable bonds is 5. The zero-order valence-corrected chi connectivity index (χ0v) is 14.7. The number of pyridine rings is 2. The van der Waals surface area contributed by atoms with Gasteiger partial charge in [-0.1, -0.05) is 6.07 Å². The number of nitrogens with zero attached hydrogens (tertiary/aromatic N) is 3. The van der Waals surface area contributed by atoms with Gasteiger partial charge in [-0.3, -0.25) is 14.8 Å². The maximum atomic E-state index is 12.8. The van der Waals surface area contributed by atoms with Crippen LogP contribution in [0.5, 0.6) is 0 Å². The number of amides is 1. The molecule has 0 spiro atoms. The fourth-order valence-electron chi connectivity index (χ4n) is 3.91. The van der Waals surface area contributed by atoms with E-state index in [9.17, 15) is 4.79 Å². The molecule has 0 radical (unpaired) electrons. The lowest BCUT2D eigenvalue weighted by atomic mass is 10.1. The Kier molecular flexibility index (Phi) is 5.22. The normalized spacial score (nSPS) is 25.1. The third kappa shape index (κ3) is 3.76. The molecule has 3 atom stereocenters. The fraction of sp³-hybridized carbons (Fsp3) is 0.450. The molecule has 0 N–H and O–H groups in total. The van der Waals surface area contributed by atoms with Crippen LogP contribution in [0.3, 0.4) is 0 Å². The van der Waals surface area contributed by atoms with Gasteiger partial charge in [-0.15, -0.1) is 0 Å². The number of ether oxygens (including phenoxy) is 2. The molecule has 136 valence electrons. The van der Waals surface area contributed by atoms with E-state index in [4.69, 9.17) is 9.47 Å². The molecule has 1 saturated carbocycles. The molecule has 26 heavy (non-hydrogen) atoms. The van der Waals surface area contributed by atoms with Gasteiger partial charge < -0.3 is 14.4 Å². The standard InChI is InChI=1S/C20H23N3O3/c24-20(16-4-3-6-21-12-16)23-8-9-26-19-11-15(10-18(19)23)13-25-14-17-5-1-2-7-22-17/h1-7,12,15,18-19H,8-11,13-14H2/t15-,18+,19+/m0/s1. The minimum atomic E-state index is 0.0476. The van der Waals surface area contributed by atoms with Gasteiger partial charge in [0.05, 0.1) is 43.2 Å². The highest BCUT2D eigenvalue weighted by atomic mass is 16.5. The summed E-state index contributed by atoms with van der Waals surface area (Å²) in [6, 6.07) is 9.57. The van der Waals surface area contributed by atoms with Crippen molar-refractivity contribution in [3.63, 3.8) is 0 Å². The Morgan fingerprint density at radius 2 is 2.19 bits per heavy atom. The van der Waals surface area contributed by atoms with Crippen LogP contribution >= 0.6 is 0 Å². The lowest BCUT2D eigenvalue weighted by Crippen LogP contribution is -2.51. The molecule has 2 aromatic heterocycles. The van der Waals surface area contributed by atoms with Crippen molar-refractivity contribution in [1.82, 2.24) is 14.9 Å². The van der Waals surface area contributed by atoms with Gasteiger partial charge in [-0.05, 0) is 43.0 Å². The number of aromatic nitrogens is 2. The van der Waals surface area contributed by atoms with E-state index in [0.717, 1.165) is 18.5 Å². The highest BCUT2D eigenvalue weighted by Gasteiger charge is 2.43. The minimum Gasteiger partial charge on any atom is -0.375 e. The molecule has 2 aliphatic rings. The van der Waals surface area contributed by atoms with Crippen LogP contribution in [0, 0.1) is 5.92 Å². The van der Waals surface area contributed by atoms with Crippen molar-refractivity contribution in [3.8, 4) is 0 Å². The summed E-state index contributed by atoms with van der Waals surface area (Å²) in [4.78, 5) is 23.1. The van der Waals surface area contributed by atoms with Crippen LogP contribution in [0.2, 0.25) is 0 Å². The number of morpholine rings is 1. The maximum Gasteiger partial charge on any atom is 0.255 e. The maximum absolute atomic E-state index is 12.8. The van der Waals surface area contributed by atoms with Gasteiger partial charge in [0.25, 0.3) is 5.91 Å². The van der Waals surface area contributed by atoms with Crippen molar-refractivity contribution < 1.29 is 14.3 Å². The van der Waals surface area contributed by atoms with Crippen molar-refractivity contribution in [2.24, 2.45) is 5.92 Å². The van der Waals surface area contributed by atoms with E-state index >= 15 is 0 Å². The molecule has 0 aromatic carbocycles. The molecule has 1 saturated heterocycles. The van der Waals surface area contributed by atoms with E-state index in [-0.39, 0.29) is 18.1 Å². The van der Waals surface area contributed by atoms with Crippen LogP contribution in [0.15, 0.2) is 48.9 Å². The summed E-state index contributed by atoms with van der Waals surface area (Å²) in [5, 5.41) is 0. The predicted octanol–water partition coefficient (Wildman–Crippen LogP) is 2.31. The van der Waals surface area contributed by atoms with Crippen LogP contribution in [0.4, 0.5) is 0 Å². The molecule has 6 heteroatoms. The molecule has 3 heterocycles. The second-order valence-corrected chi connectivity index (χ2v) is 6.89. The Bertz CT molecular complexity index is 726. The van der Waals surface area contributed by atoms with Gasteiger partial charge in [0.2, 0.25) is 0 Å². The van der Waals surface area contributed by atoms with Crippen molar-refractivity contribution in [2.75, 3.05) is 19.8 Å². The molecule has 2 fully saturated rings. The SMILES string of the molecule is O=C(c1cccnc1)N1CCO[C@@H]2C[C@@H](COCc3ccccn3)C[C@H]21. The molecule has 4 rings (SSSR count). The van der Waals surface area contributed by atoms with Crippen LogP contribution in [0.25, 0.3) is 0 Å². The first-order valence-electron chi connectivity index (χ1n) is 9.11. The number of carbonyl (C=O) groups is 1. The van der Waals surface area contributed by atoms with E-state index in [1.807, 2.05) is 29.2 Å². The number of hydrogen-bond acceptors (Lipinski definition) is 5. The smallest absolute Gasteiger partial charge is 0.255 e. The summed E-state index contributed by atoms with van der Waals surface area (Å²) in [5.41, 5.74) is 1.58. The van der Waals surface area contributed by atoms with Crippen molar-refractivity contribution in [3.05, 3.63) is 60.2 Å². The Hall–Kier alpha value is -2.31. The Labute approximate surface area is 153 Å². The topological polar surface area (TPSA) is 64.6 Å². The van der Waals surface area contributed by atoms with Gasteiger partial charge >= 0.3 is 0 Å². The fourth-order valence-corrected chi connectivity index (χ4v) is 3.91. The number of hydrogen-bond donors (Lipinski definition) is 0. The third-order valence-electron chi connectivity index (χ3n) is 5.13. The lowest BCUT2D eigenvalue weighted by Gasteiger charge is -2.37. The average molecular weight is 353 g/mol. The largest absolute Gasteiger partial charge is 0.375 e. The highest BCUT2D eigenvalue weighted by molar-refractivity contribution is 5.94. The van der Waals surface area contributed by atoms with Crippen molar-refractivity contribution in [2.45, 2.75) is 31.6 Å². The van der Waals surface area contributed by atoms with E-state index < -0.39 is 0 Å². The van der Waals surface area contributed by atoms with E-state index in [1.165, 1.54) is 0 Å². The third-order valence-corrected chi connectivity index (χ3v) is 5.13. The first kappa shape index (κ1) is 17.1. The quantitative estimate of drug-likeness (QED) is 0.825. The minimum absolute atomic E-state index is 0.0476. The first-order chi connectivity index (χ1) is 12.8. The van der Waals surface area contributed by atoms with Gasteiger partial charge in [0, 0.05) is 25.1 Å². The van der Waals surface area contributed by atoms with E-state index in [0.29, 0.717) is 37.8 Å². The highest BCUT2D eigenvalue weighted by Crippen LogP contribution is 2.35. The van der Waals surface area contributed by atoms with Crippen LogP contribution in [-0.2, 0) is 16.1 Å². The van der Waals surface area contributed by atoms with Crippen LogP contribution in [-0.4, -0.2) is 52.7 Å². The summed E-state index contributed by atoms with van der Waals surface area (Å²) in [6.07, 6.45) is 7.05. The van der Waals surface area contributed by atoms with Gasteiger partial charge in [0.1, 0.15) is 0 Å². The van der Waals surface area contributed by atoms with Crippen LogP contribution < -0.4 is 0 Å². The second kappa shape index (κ2) is 7.93. The summed E-state index contributed by atoms with van der Waals surface area (Å²) in [6.45, 7) is 2.42. The summed E-state index contributed by atoms with van der Waals surface area (Å²) >= 11 is 0. The number of fused-ring (bicyclic) bond motifs is 1. The lowest BCUT2D eigenvalue weighted by molar-refractivity contribution is -0.0450. The second-order valence-electron chi connectivity index (χ2n) is 6.89. The zero-order valence-electron chi connectivity index (χ0n) is 14.7.